The maximum absolute atomic E-state index is 11.6. The highest BCUT2D eigenvalue weighted by Gasteiger charge is 2.18. The lowest BCUT2D eigenvalue weighted by Crippen LogP contribution is -2.34. The SMILES string of the molecule is CNC(CCC(=O)CC(C=O)CCC(C)=O)C(=O)O. The second-order valence-electron chi connectivity index (χ2n) is 4.60. The number of aldehydes is 1. The van der Waals surface area contributed by atoms with Gasteiger partial charge >= 0.3 is 5.97 Å². The smallest absolute Gasteiger partial charge is 0.320 e. The summed E-state index contributed by atoms with van der Waals surface area (Å²) in [5.41, 5.74) is 0. The first-order valence-electron chi connectivity index (χ1n) is 6.27. The van der Waals surface area contributed by atoms with Crippen LogP contribution in [-0.2, 0) is 19.2 Å². The standard InChI is InChI=1S/C13H21NO5/c1-9(16)3-4-10(8-15)7-11(17)5-6-12(14-2)13(18)19/h8,10,12,14H,3-7H2,1-2H3,(H,18,19). The molecule has 0 aliphatic carbocycles. The van der Waals surface area contributed by atoms with Crippen LogP contribution in [0.25, 0.3) is 0 Å². The third-order valence-electron chi connectivity index (χ3n) is 2.91. The zero-order chi connectivity index (χ0) is 14.8. The van der Waals surface area contributed by atoms with Crippen molar-refractivity contribution in [3.63, 3.8) is 0 Å². The van der Waals surface area contributed by atoms with Crippen LogP contribution in [0.15, 0.2) is 0 Å². The fourth-order valence-electron chi connectivity index (χ4n) is 1.70. The van der Waals surface area contributed by atoms with E-state index in [1.54, 1.807) is 0 Å². The van der Waals surface area contributed by atoms with Gasteiger partial charge in [0.1, 0.15) is 23.9 Å². The Bertz CT molecular complexity index is 340. The van der Waals surface area contributed by atoms with Gasteiger partial charge in [-0.15, -0.1) is 0 Å². The molecule has 0 aromatic heterocycles. The Morgan fingerprint density at radius 3 is 2.26 bits per heavy atom. The minimum atomic E-state index is -1.00. The van der Waals surface area contributed by atoms with Crippen molar-refractivity contribution in [2.24, 2.45) is 5.92 Å². The van der Waals surface area contributed by atoms with Gasteiger partial charge < -0.3 is 20.0 Å². The van der Waals surface area contributed by atoms with Gasteiger partial charge in [-0.2, -0.15) is 0 Å². The highest BCUT2D eigenvalue weighted by Crippen LogP contribution is 2.12. The molecule has 6 heteroatoms. The Labute approximate surface area is 112 Å². The van der Waals surface area contributed by atoms with Crippen molar-refractivity contribution in [2.45, 2.75) is 45.1 Å². The van der Waals surface area contributed by atoms with Crippen molar-refractivity contribution in [1.82, 2.24) is 5.32 Å². The van der Waals surface area contributed by atoms with E-state index in [1.165, 1.54) is 14.0 Å². The molecule has 2 unspecified atom stereocenters. The minimum Gasteiger partial charge on any atom is -0.480 e. The molecular weight excluding hydrogens is 250 g/mol. The number of nitrogens with one attached hydrogen (secondary N) is 1. The molecule has 0 saturated carbocycles. The summed E-state index contributed by atoms with van der Waals surface area (Å²) >= 11 is 0. The molecule has 0 heterocycles. The molecule has 0 saturated heterocycles. The number of hydrogen-bond donors (Lipinski definition) is 2. The summed E-state index contributed by atoms with van der Waals surface area (Å²) in [7, 11) is 1.52. The molecular formula is C13H21NO5. The third-order valence-corrected chi connectivity index (χ3v) is 2.91. The van der Waals surface area contributed by atoms with Gasteiger partial charge in [0.15, 0.2) is 0 Å². The first-order chi connectivity index (χ1) is 8.90. The maximum Gasteiger partial charge on any atom is 0.320 e. The summed E-state index contributed by atoms with van der Waals surface area (Å²) in [6.07, 6.45) is 1.73. The average Bonchev–Trinajstić information content (AvgIpc) is 2.34. The van der Waals surface area contributed by atoms with Gasteiger partial charge in [0.25, 0.3) is 0 Å². The molecule has 2 atom stereocenters. The number of likely N-dealkylation sites (N-methyl/N-ethyl adjacent to an activating group) is 1. The zero-order valence-electron chi connectivity index (χ0n) is 11.3. The first-order valence-corrected chi connectivity index (χ1v) is 6.27. The number of hydrogen-bond acceptors (Lipinski definition) is 5. The van der Waals surface area contributed by atoms with Crippen LogP contribution >= 0.6 is 0 Å². The normalized spacial score (nSPS) is 13.6. The number of carbonyl (C=O) groups excluding carboxylic acids is 3. The molecule has 0 radical (unpaired) electrons. The predicted molar refractivity (Wildman–Crippen MR) is 68.8 cm³/mol. The van der Waals surface area contributed by atoms with Gasteiger partial charge in [-0.05, 0) is 26.8 Å². The van der Waals surface area contributed by atoms with E-state index in [2.05, 4.69) is 5.32 Å². The third kappa shape index (κ3) is 8.20. The van der Waals surface area contributed by atoms with E-state index >= 15 is 0 Å². The van der Waals surface area contributed by atoms with Crippen LogP contribution in [0.4, 0.5) is 0 Å². The Morgan fingerprint density at radius 1 is 1.21 bits per heavy atom. The second kappa shape index (κ2) is 9.38. The lowest BCUT2D eigenvalue weighted by atomic mass is 9.95. The van der Waals surface area contributed by atoms with Gasteiger partial charge in [0.05, 0.1) is 0 Å². The highest BCUT2D eigenvalue weighted by molar-refractivity contribution is 5.82. The molecule has 0 spiro atoms. The molecule has 0 aliphatic rings. The van der Waals surface area contributed by atoms with Crippen molar-refractivity contribution in [3.05, 3.63) is 0 Å². The number of rotatable bonds is 11. The summed E-state index contributed by atoms with van der Waals surface area (Å²) in [6, 6.07) is -0.754. The lowest BCUT2D eigenvalue weighted by molar-refractivity contribution is -0.139. The zero-order valence-corrected chi connectivity index (χ0v) is 11.3. The molecule has 0 aromatic rings. The molecule has 2 N–H and O–H groups in total. The summed E-state index contributed by atoms with van der Waals surface area (Å²) < 4.78 is 0. The van der Waals surface area contributed by atoms with Crippen molar-refractivity contribution < 1.29 is 24.3 Å². The number of carbonyl (C=O) groups is 4. The largest absolute Gasteiger partial charge is 0.480 e. The number of aliphatic carboxylic acids is 1. The Kier molecular flexibility index (Phi) is 8.61. The summed E-state index contributed by atoms with van der Waals surface area (Å²) in [5, 5.41) is 11.4. The second-order valence-corrected chi connectivity index (χ2v) is 4.60. The van der Waals surface area contributed by atoms with Crippen LogP contribution in [0.3, 0.4) is 0 Å². The molecule has 0 aliphatic heterocycles. The van der Waals surface area contributed by atoms with Crippen molar-refractivity contribution in [3.8, 4) is 0 Å². The van der Waals surface area contributed by atoms with E-state index in [-0.39, 0.29) is 37.2 Å². The maximum atomic E-state index is 11.6. The average molecular weight is 271 g/mol. The van der Waals surface area contributed by atoms with Crippen LogP contribution in [-0.4, -0.2) is 42.0 Å². The van der Waals surface area contributed by atoms with Crippen LogP contribution in [0, 0.1) is 5.92 Å². The fraction of sp³-hybridized carbons (Fsp3) is 0.692. The van der Waals surface area contributed by atoms with E-state index in [1.807, 2.05) is 0 Å². The molecule has 0 fully saturated rings. The van der Waals surface area contributed by atoms with E-state index in [0.29, 0.717) is 12.7 Å². The van der Waals surface area contributed by atoms with Crippen LogP contribution in [0.1, 0.15) is 39.0 Å². The van der Waals surface area contributed by atoms with Gasteiger partial charge in [-0.3, -0.25) is 9.59 Å². The molecule has 0 bridgehead atoms. The number of Topliss-reactive ketones (excluding diaryl/α,β-unsaturated/α-hetero) is 2. The van der Waals surface area contributed by atoms with E-state index in [0.717, 1.165) is 0 Å². The number of ketones is 2. The van der Waals surface area contributed by atoms with Crippen molar-refractivity contribution in [2.75, 3.05) is 7.05 Å². The van der Waals surface area contributed by atoms with Gasteiger partial charge in [-0.1, -0.05) is 0 Å². The Morgan fingerprint density at radius 2 is 1.84 bits per heavy atom. The fourth-order valence-corrected chi connectivity index (χ4v) is 1.70. The number of carboxylic acid groups (broad SMARTS) is 1. The van der Waals surface area contributed by atoms with Crippen LogP contribution in [0.5, 0.6) is 0 Å². The predicted octanol–water partition coefficient (Wildman–Crippen LogP) is 0.583. The molecule has 0 amide bonds. The van der Waals surface area contributed by atoms with E-state index in [9.17, 15) is 19.2 Å². The quantitative estimate of drug-likeness (QED) is 0.533. The van der Waals surface area contributed by atoms with Gasteiger partial charge in [0.2, 0.25) is 0 Å². The topological polar surface area (TPSA) is 101 Å². The molecule has 6 nitrogen and oxygen atoms in total. The van der Waals surface area contributed by atoms with Gasteiger partial charge in [-0.25, -0.2) is 0 Å². The minimum absolute atomic E-state index is 0.0135. The summed E-state index contributed by atoms with van der Waals surface area (Å²) in [6.45, 7) is 1.44. The Hall–Kier alpha value is -1.56. The summed E-state index contributed by atoms with van der Waals surface area (Å²) in [4.78, 5) is 44.0. The van der Waals surface area contributed by atoms with Crippen molar-refractivity contribution >= 4 is 23.8 Å². The molecule has 19 heavy (non-hydrogen) atoms. The Balaban J connectivity index is 4.09. The monoisotopic (exact) mass is 271 g/mol. The van der Waals surface area contributed by atoms with E-state index < -0.39 is 17.9 Å². The van der Waals surface area contributed by atoms with Gasteiger partial charge in [0, 0.05) is 25.2 Å². The first kappa shape index (κ1) is 17.4. The van der Waals surface area contributed by atoms with Crippen LogP contribution in [0.2, 0.25) is 0 Å². The molecule has 0 rings (SSSR count). The number of carboxylic acids is 1. The molecule has 0 aromatic carbocycles. The van der Waals surface area contributed by atoms with Crippen LogP contribution < -0.4 is 5.32 Å². The summed E-state index contributed by atoms with van der Waals surface area (Å²) in [5.74, 6) is -1.62. The van der Waals surface area contributed by atoms with E-state index in [4.69, 9.17) is 5.11 Å². The lowest BCUT2D eigenvalue weighted by Gasteiger charge is -2.11. The highest BCUT2D eigenvalue weighted by atomic mass is 16.4. The molecule has 108 valence electrons. The van der Waals surface area contributed by atoms with Crippen molar-refractivity contribution in [1.29, 1.82) is 0 Å².